The number of rotatable bonds is 1. The largest absolute Gasteiger partial charge is 0.508 e. The number of aromatic hydroxyl groups is 1. The molecule has 0 bridgehead atoms. The number of benzene rings is 1. The van der Waals surface area contributed by atoms with Gasteiger partial charge in [0.2, 0.25) is 0 Å². The summed E-state index contributed by atoms with van der Waals surface area (Å²) in [6, 6.07) is 6.85. The Bertz CT molecular complexity index is 642. The molecule has 1 aromatic carbocycles. The highest BCUT2D eigenvalue weighted by Crippen LogP contribution is 2.57. The Balaban J connectivity index is 2.13. The summed E-state index contributed by atoms with van der Waals surface area (Å²) in [6.07, 6.45) is 5.36. The van der Waals surface area contributed by atoms with Crippen molar-refractivity contribution in [3.63, 3.8) is 0 Å². The average molecular weight is 297 g/mol. The van der Waals surface area contributed by atoms with E-state index >= 15 is 0 Å². The zero-order valence-electron chi connectivity index (χ0n) is 14.2. The average Bonchev–Trinajstić information content (AvgIpc) is 2.47. The van der Waals surface area contributed by atoms with Crippen molar-refractivity contribution in [3.8, 4) is 11.8 Å². The molecule has 0 heterocycles. The lowest BCUT2D eigenvalue weighted by molar-refractivity contribution is 0.0686. The van der Waals surface area contributed by atoms with Gasteiger partial charge in [0.15, 0.2) is 0 Å². The molecule has 2 aliphatic rings. The molecule has 0 unspecified atom stereocenters. The molecule has 0 spiro atoms. The first-order chi connectivity index (χ1) is 10.3. The zero-order valence-corrected chi connectivity index (χ0v) is 14.2. The van der Waals surface area contributed by atoms with E-state index in [-0.39, 0.29) is 10.8 Å². The predicted octanol–water partition coefficient (Wildman–Crippen LogP) is 5.05. The minimum atomic E-state index is -0.225. The molecular weight excluding hydrogens is 270 g/mol. The van der Waals surface area contributed by atoms with Crippen molar-refractivity contribution in [3.05, 3.63) is 28.8 Å². The third-order valence-corrected chi connectivity index (χ3v) is 6.38. The summed E-state index contributed by atoms with van der Waals surface area (Å²) >= 11 is 0. The minimum Gasteiger partial charge on any atom is -0.508 e. The lowest BCUT2D eigenvalue weighted by Crippen LogP contribution is -2.48. The fourth-order valence-electron chi connectivity index (χ4n) is 5.12. The third kappa shape index (κ3) is 2.06. The van der Waals surface area contributed by atoms with Crippen LogP contribution in [0.3, 0.4) is 0 Å². The molecule has 1 N–H and O–H groups in total. The molecular formula is C20H27NO. The van der Waals surface area contributed by atoms with E-state index in [1.54, 1.807) is 0 Å². The van der Waals surface area contributed by atoms with Crippen LogP contribution in [0.25, 0.3) is 0 Å². The number of hydrogen-bond donors (Lipinski definition) is 1. The van der Waals surface area contributed by atoms with Gasteiger partial charge in [0.25, 0.3) is 0 Å². The molecule has 1 fully saturated rings. The molecule has 2 nitrogen and oxygen atoms in total. The van der Waals surface area contributed by atoms with Crippen molar-refractivity contribution in [2.45, 2.75) is 71.1 Å². The van der Waals surface area contributed by atoms with Crippen LogP contribution in [-0.4, -0.2) is 5.11 Å². The fourth-order valence-corrected chi connectivity index (χ4v) is 5.12. The van der Waals surface area contributed by atoms with Gasteiger partial charge in [-0.1, -0.05) is 33.3 Å². The van der Waals surface area contributed by atoms with Gasteiger partial charge in [-0.3, -0.25) is 0 Å². The summed E-state index contributed by atoms with van der Waals surface area (Å²) in [5, 5.41) is 20.2. The van der Waals surface area contributed by atoms with Crippen LogP contribution in [0.1, 0.15) is 76.0 Å². The van der Waals surface area contributed by atoms with Gasteiger partial charge >= 0.3 is 0 Å². The number of phenols is 1. The molecule has 118 valence electrons. The summed E-state index contributed by atoms with van der Waals surface area (Å²) in [5.74, 6) is 1.17. The highest BCUT2D eigenvalue weighted by atomic mass is 16.3. The van der Waals surface area contributed by atoms with Crippen LogP contribution < -0.4 is 0 Å². The normalized spacial score (nSPS) is 33.9. The number of phenolic OH excluding ortho intramolecular Hbond substituents is 1. The van der Waals surface area contributed by atoms with E-state index in [1.165, 1.54) is 11.1 Å². The van der Waals surface area contributed by atoms with Crippen molar-refractivity contribution in [2.24, 2.45) is 11.3 Å². The second kappa shape index (κ2) is 5.01. The van der Waals surface area contributed by atoms with Crippen molar-refractivity contribution in [1.29, 1.82) is 5.26 Å². The minimum absolute atomic E-state index is 0.0311. The van der Waals surface area contributed by atoms with Crippen molar-refractivity contribution in [1.82, 2.24) is 0 Å². The smallest absolute Gasteiger partial charge is 0.119 e. The van der Waals surface area contributed by atoms with Gasteiger partial charge in [0.05, 0.1) is 11.5 Å². The van der Waals surface area contributed by atoms with Gasteiger partial charge in [-0.15, -0.1) is 0 Å². The molecule has 1 saturated carbocycles. The Morgan fingerprint density at radius 1 is 1.27 bits per heavy atom. The van der Waals surface area contributed by atoms with Crippen LogP contribution in [0.15, 0.2) is 12.1 Å². The van der Waals surface area contributed by atoms with Crippen LogP contribution >= 0.6 is 0 Å². The number of hydrogen-bond acceptors (Lipinski definition) is 2. The lowest BCUT2D eigenvalue weighted by Gasteiger charge is -2.53. The Morgan fingerprint density at radius 3 is 2.64 bits per heavy atom. The van der Waals surface area contributed by atoms with Crippen molar-refractivity contribution < 1.29 is 5.11 Å². The molecule has 2 aliphatic carbocycles. The number of nitriles is 1. The highest BCUT2D eigenvalue weighted by molar-refractivity contribution is 5.49. The maximum atomic E-state index is 10.5. The third-order valence-electron chi connectivity index (χ3n) is 6.38. The van der Waals surface area contributed by atoms with Crippen molar-refractivity contribution in [2.75, 3.05) is 0 Å². The van der Waals surface area contributed by atoms with Crippen LogP contribution in [0.4, 0.5) is 0 Å². The summed E-state index contributed by atoms with van der Waals surface area (Å²) in [6.45, 7) is 8.71. The zero-order chi connectivity index (χ0) is 16.1. The molecule has 3 rings (SSSR count). The van der Waals surface area contributed by atoms with Gasteiger partial charge in [0.1, 0.15) is 5.75 Å². The van der Waals surface area contributed by atoms with Gasteiger partial charge in [0, 0.05) is 0 Å². The van der Waals surface area contributed by atoms with Gasteiger partial charge in [-0.2, -0.15) is 5.26 Å². The van der Waals surface area contributed by atoms with Crippen LogP contribution in [0.5, 0.6) is 5.75 Å². The summed E-state index contributed by atoms with van der Waals surface area (Å²) < 4.78 is 0. The molecule has 2 heteroatoms. The van der Waals surface area contributed by atoms with Crippen LogP contribution in [0.2, 0.25) is 0 Å². The molecule has 0 radical (unpaired) electrons. The molecule has 3 atom stereocenters. The Kier molecular flexibility index (Phi) is 3.51. The Labute approximate surface area is 134 Å². The molecule has 1 aromatic rings. The number of aryl methyl sites for hydroxylation is 1. The summed E-state index contributed by atoms with van der Waals surface area (Å²) in [7, 11) is 0. The second-order valence-electron chi connectivity index (χ2n) is 8.11. The maximum absolute atomic E-state index is 10.5. The van der Waals surface area contributed by atoms with E-state index in [1.807, 2.05) is 6.07 Å². The molecule has 0 aliphatic heterocycles. The standard InChI is InChI=1S/C20H27NO/c1-13(2)15-10-14-6-7-18-19(3,12-21)8-5-9-20(18,4)16(14)11-17(15)22/h10-11,13,18,22H,5-9H2,1-4H3/t18-,19-,20+/m0/s1. The second-order valence-corrected chi connectivity index (χ2v) is 8.11. The Hall–Kier alpha value is -1.49. The van der Waals surface area contributed by atoms with E-state index in [0.717, 1.165) is 37.7 Å². The van der Waals surface area contributed by atoms with E-state index in [9.17, 15) is 10.4 Å². The SMILES string of the molecule is CC(C)c1cc2c(cc1O)[C@@]1(C)CCC[C@@](C)(C#N)[C@@H]1CC2. The monoisotopic (exact) mass is 297 g/mol. The first-order valence-electron chi connectivity index (χ1n) is 8.59. The maximum Gasteiger partial charge on any atom is 0.119 e. The number of fused-ring (bicyclic) bond motifs is 3. The van der Waals surface area contributed by atoms with Crippen molar-refractivity contribution >= 4 is 0 Å². The first kappa shape index (κ1) is 15.4. The van der Waals surface area contributed by atoms with E-state index < -0.39 is 0 Å². The fraction of sp³-hybridized carbons (Fsp3) is 0.650. The Morgan fingerprint density at radius 2 is 2.00 bits per heavy atom. The van der Waals surface area contributed by atoms with E-state index in [4.69, 9.17) is 0 Å². The summed E-state index contributed by atoms with van der Waals surface area (Å²) in [4.78, 5) is 0. The molecule has 0 saturated heterocycles. The molecule has 22 heavy (non-hydrogen) atoms. The van der Waals surface area contributed by atoms with E-state index in [0.29, 0.717) is 17.6 Å². The predicted molar refractivity (Wildman–Crippen MR) is 88.9 cm³/mol. The topological polar surface area (TPSA) is 44.0 Å². The van der Waals surface area contributed by atoms with Gasteiger partial charge in [-0.25, -0.2) is 0 Å². The lowest BCUT2D eigenvalue weighted by atomic mass is 9.50. The van der Waals surface area contributed by atoms with Gasteiger partial charge in [-0.05, 0) is 72.6 Å². The highest BCUT2D eigenvalue weighted by Gasteiger charge is 2.52. The quantitative estimate of drug-likeness (QED) is 0.788. The van der Waals surface area contributed by atoms with Gasteiger partial charge < -0.3 is 5.11 Å². The van der Waals surface area contributed by atoms with Crippen LogP contribution in [-0.2, 0) is 11.8 Å². The van der Waals surface area contributed by atoms with Crippen LogP contribution in [0, 0.1) is 22.7 Å². The summed E-state index contributed by atoms with van der Waals surface area (Å²) in [5.41, 5.74) is 3.55. The first-order valence-corrected chi connectivity index (χ1v) is 8.59. The molecule has 0 amide bonds. The van der Waals surface area contributed by atoms with E-state index in [2.05, 4.69) is 39.8 Å². The molecule has 0 aromatic heterocycles. The number of nitrogens with zero attached hydrogens (tertiary/aromatic N) is 1.